The highest BCUT2D eigenvalue weighted by Gasteiger charge is 2.13. The highest BCUT2D eigenvalue weighted by molar-refractivity contribution is 5.99. The third kappa shape index (κ3) is 3.95. The molecule has 0 aliphatic heterocycles. The molecule has 0 saturated heterocycles. The molecule has 0 bridgehead atoms. The van der Waals surface area contributed by atoms with Gasteiger partial charge in [0.05, 0.1) is 5.56 Å². The summed E-state index contributed by atoms with van der Waals surface area (Å²) in [5.41, 5.74) is 7.19. The van der Waals surface area contributed by atoms with Crippen LogP contribution in [0.1, 0.15) is 22.8 Å². The zero-order valence-corrected chi connectivity index (χ0v) is 11.6. The van der Waals surface area contributed by atoms with Crippen molar-refractivity contribution < 1.29 is 14.3 Å². The molecule has 110 valence electrons. The molecule has 1 atom stereocenters. The lowest BCUT2D eigenvalue weighted by Crippen LogP contribution is -2.34. The van der Waals surface area contributed by atoms with E-state index < -0.39 is 0 Å². The number of carbonyl (C=O) groups excluding carboxylic acids is 1. The lowest BCUT2D eigenvalue weighted by atomic mass is 10.1. The Kier molecular flexibility index (Phi) is 4.42. The lowest BCUT2D eigenvalue weighted by Gasteiger charge is -2.15. The molecule has 4 N–H and O–H groups in total. The maximum Gasteiger partial charge on any atom is 0.253 e. The van der Waals surface area contributed by atoms with Crippen LogP contribution < -0.4 is 11.1 Å². The van der Waals surface area contributed by atoms with Crippen LogP contribution in [0.15, 0.2) is 42.5 Å². The van der Waals surface area contributed by atoms with E-state index in [9.17, 15) is 14.3 Å². The molecule has 2 aromatic rings. The number of hydrogen-bond acceptors (Lipinski definition) is 3. The molecule has 0 radical (unpaired) electrons. The Labute approximate surface area is 122 Å². The molecule has 0 aromatic heterocycles. The number of halogens is 1. The first kappa shape index (κ1) is 14.8. The number of carbonyl (C=O) groups is 1. The van der Waals surface area contributed by atoms with Crippen molar-refractivity contribution in [3.05, 3.63) is 59.4 Å². The van der Waals surface area contributed by atoms with E-state index in [1.165, 1.54) is 30.3 Å². The summed E-state index contributed by atoms with van der Waals surface area (Å²) in [4.78, 5) is 12.1. The molecule has 0 fully saturated rings. The third-order valence-electron chi connectivity index (χ3n) is 3.11. The first-order valence-corrected chi connectivity index (χ1v) is 6.59. The largest absolute Gasteiger partial charge is 0.508 e. The van der Waals surface area contributed by atoms with Crippen LogP contribution in [0.5, 0.6) is 5.75 Å². The van der Waals surface area contributed by atoms with Gasteiger partial charge < -0.3 is 16.2 Å². The quantitative estimate of drug-likeness (QED) is 0.597. The Morgan fingerprint density at radius 1 is 1.29 bits per heavy atom. The summed E-state index contributed by atoms with van der Waals surface area (Å²) >= 11 is 0. The second-order valence-electron chi connectivity index (χ2n) is 4.98. The SMILES string of the molecule is CC(Cc1ccc(F)cc1)NC(=O)c1cc(O)ccc1N. The van der Waals surface area contributed by atoms with E-state index in [-0.39, 0.29) is 29.1 Å². The normalized spacial score (nSPS) is 11.9. The number of phenolic OH excluding ortho intramolecular Hbond substituents is 1. The Morgan fingerprint density at radius 3 is 2.62 bits per heavy atom. The fourth-order valence-corrected chi connectivity index (χ4v) is 2.07. The summed E-state index contributed by atoms with van der Waals surface area (Å²) in [6.45, 7) is 1.85. The number of aromatic hydroxyl groups is 1. The highest BCUT2D eigenvalue weighted by atomic mass is 19.1. The van der Waals surface area contributed by atoms with Gasteiger partial charge in [-0.1, -0.05) is 12.1 Å². The average molecular weight is 288 g/mol. The summed E-state index contributed by atoms with van der Waals surface area (Å²) < 4.78 is 12.8. The maximum absolute atomic E-state index is 12.8. The van der Waals surface area contributed by atoms with Gasteiger partial charge in [0.1, 0.15) is 11.6 Å². The van der Waals surface area contributed by atoms with Crippen LogP contribution >= 0.6 is 0 Å². The molecule has 0 saturated carbocycles. The Morgan fingerprint density at radius 2 is 1.95 bits per heavy atom. The van der Waals surface area contributed by atoms with E-state index in [0.717, 1.165) is 5.56 Å². The standard InChI is InChI=1S/C16H17FN2O2/c1-10(8-11-2-4-12(17)5-3-11)19-16(21)14-9-13(20)6-7-15(14)18/h2-7,9-10,20H,8,18H2,1H3,(H,19,21). The number of phenols is 1. The number of anilines is 1. The average Bonchev–Trinajstić information content (AvgIpc) is 2.44. The molecule has 2 aromatic carbocycles. The van der Waals surface area contributed by atoms with Gasteiger partial charge in [-0.15, -0.1) is 0 Å². The van der Waals surface area contributed by atoms with E-state index >= 15 is 0 Å². The molecule has 1 unspecified atom stereocenters. The summed E-state index contributed by atoms with van der Waals surface area (Å²) in [6.07, 6.45) is 0.574. The first-order valence-electron chi connectivity index (χ1n) is 6.59. The Balaban J connectivity index is 2.01. The van der Waals surface area contributed by atoms with Crippen LogP contribution in [0.2, 0.25) is 0 Å². The summed E-state index contributed by atoms with van der Waals surface area (Å²) in [6, 6.07) is 10.2. The molecule has 5 heteroatoms. The second-order valence-corrected chi connectivity index (χ2v) is 4.98. The minimum absolute atomic E-state index is 0.0134. The van der Waals surface area contributed by atoms with Crippen molar-refractivity contribution in [3.63, 3.8) is 0 Å². The van der Waals surface area contributed by atoms with E-state index in [4.69, 9.17) is 5.73 Å². The number of amides is 1. The monoisotopic (exact) mass is 288 g/mol. The van der Waals surface area contributed by atoms with Gasteiger partial charge in [-0.3, -0.25) is 4.79 Å². The van der Waals surface area contributed by atoms with Crippen molar-refractivity contribution in [1.29, 1.82) is 0 Å². The van der Waals surface area contributed by atoms with Crippen LogP contribution in [0.3, 0.4) is 0 Å². The Bertz CT molecular complexity index is 641. The van der Waals surface area contributed by atoms with Crippen LogP contribution in [0.4, 0.5) is 10.1 Å². The van der Waals surface area contributed by atoms with Crippen molar-refractivity contribution in [2.24, 2.45) is 0 Å². The van der Waals surface area contributed by atoms with Gasteiger partial charge in [-0.05, 0) is 49.2 Å². The van der Waals surface area contributed by atoms with Gasteiger partial charge in [0, 0.05) is 11.7 Å². The van der Waals surface area contributed by atoms with Crippen molar-refractivity contribution >= 4 is 11.6 Å². The number of nitrogens with two attached hydrogens (primary N) is 1. The minimum Gasteiger partial charge on any atom is -0.508 e. The molecule has 0 heterocycles. The van der Waals surface area contributed by atoms with Gasteiger partial charge in [-0.25, -0.2) is 4.39 Å². The van der Waals surface area contributed by atoms with Crippen molar-refractivity contribution in [2.45, 2.75) is 19.4 Å². The van der Waals surface area contributed by atoms with E-state index in [1.807, 2.05) is 6.92 Å². The molecule has 4 nitrogen and oxygen atoms in total. The topological polar surface area (TPSA) is 75.3 Å². The van der Waals surface area contributed by atoms with E-state index in [2.05, 4.69) is 5.32 Å². The number of benzene rings is 2. The van der Waals surface area contributed by atoms with E-state index in [1.54, 1.807) is 12.1 Å². The smallest absolute Gasteiger partial charge is 0.253 e. The number of hydrogen-bond donors (Lipinski definition) is 3. The zero-order valence-electron chi connectivity index (χ0n) is 11.6. The number of rotatable bonds is 4. The first-order chi connectivity index (χ1) is 9.95. The second kappa shape index (κ2) is 6.26. The van der Waals surface area contributed by atoms with E-state index in [0.29, 0.717) is 12.1 Å². The van der Waals surface area contributed by atoms with Crippen LogP contribution in [0.25, 0.3) is 0 Å². The lowest BCUT2D eigenvalue weighted by molar-refractivity contribution is 0.0940. The predicted molar refractivity (Wildman–Crippen MR) is 79.6 cm³/mol. The fraction of sp³-hybridized carbons (Fsp3) is 0.188. The number of nitrogen functional groups attached to an aromatic ring is 1. The molecular weight excluding hydrogens is 271 g/mol. The molecule has 1 amide bonds. The third-order valence-corrected chi connectivity index (χ3v) is 3.11. The predicted octanol–water partition coefficient (Wildman–Crippen LogP) is 2.47. The van der Waals surface area contributed by atoms with Gasteiger partial charge in [-0.2, -0.15) is 0 Å². The molecule has 2 rings (SSSR count). The molecule has 0 aliphatic rings. The van der Waals surface area contributed by atoms with Gasteiger partial charge in [0.2, 0.25) is 0 Å². The summed E-state index contributed by atoms with van der Waals surface area (Å²) in [7, 11) is 0. The number of nitrogens with one attached hydrogen (secondary N) is 1. The Hall–Kier alpha value is -2.56. The van der Waals surface area contributed by atoms with Gasteiger partial charge in [0.25, 0.3) is 5.91 Å². The molecular formula is C16H17FN2O2. The van der Waals surface area contributed by atoms with Crippen molar-refractivity contribution in [1.82, 2.24) is 5.32 Å². The molecule has 21 heavy (non-hydrogen) atoms. The molecule has 0 spiro atoms. The van der Waals surface area contributed by atoms with Gasteiger partial charge >= 0.3 is 0 Å². The molecule has 0 aliphatic carbocycles. The summed E-state index contributed by atoms with van der Waals surface area (Å²) in [5, 5.41) is 12.2. The van der Waals surface area contributed by atoms with Crippen LogP contribution in [0, 0.1) is 5.82 Å². The highest BCUT2D eigenvalue weighted by Crippen LogP contribution is 2.18. The fourth-order valence-electron chi connectivity index (χ4n) is 2.07. The summed E-state index contributed by atoms with van der Waals surface area (Å²) in [5.74, 6) is -0.651. The van der Waals surface area contributed by atoms with Gasteiger partial charge in [0.15, 0.2) is 0 Å². The maximum atomic E-state index is 12.8. The van der Waals surface area contributed by atoms with Crippen molar-refractivity contribution in [3.8, 4) is 5.75 Å². The van der Waals surface area contributed by atoms with Crippen LogP contribution in [-0.2, 0) is 6.42 Å². The van der Waals surface area contributed by atoms with Crippen LogP contribution in [-0.4, -0.2) is 17.1 Å². The zero-order chi connectivity index (χ0) is 15.4. The van der Waals surface area contributed by atoms with Crippen molar-refractivity contribution in [2.75, 3.05) is 5.73 Å². The minimum atomic E-state index is -0.349.